The lowest BCUT2D eigenvalue weighted by molar-refractivity contribution is 0.205. The minimum Gasteiger partial charge on any atom is -0.493 e. The zero-order chi connectivity index (χ0) is 14.5. The molecule has 1 unspecified atom stereocenters. The van der Waals surface area contributed by atoms with Crippen molar-refractivity contribution in [1.82, 2.24) is 0 Å². The van der Waals surface area contributed by atoms with Gasteiger partial charge in [0.05, 0.1) is 6.61 Å². The van der Waals surface area contributed by atoms with E-state index in [1.165, 1.54) is 6.07 Å². The van der Waals surface area contributed by atoms with Crippen molar-refractivity contribution < 1.29 is 14.2 Å². The molecule has 2 rings (SSSR count). The van der Waals surface area contributed by atoms with Crippen LogP contribution in [-0.4, -0.2) is 11.7 Å². The molecular weight excluding hydrogens is 323 g/mol. The molecule has 0 spiro atoms. The Labute approximate surface area is 126 Å². The molecule has 2 aromatic carbocycles. The molecule has 1 N–H and O–H groups in total. The van der Waals surface area contributed by atoms with Gasteiger partial charge in [-0.15, -0.1) is 0 Å². The molecule has 0 heterocycles. The molecule has 0 fully saturated rings. The van der Waals surface area contributed by atoms with E-state index < -0.39 is 11.9 Å². The third kappa shape index (κ3) is 3.19. The Balaban J connectivity index is 2.40. The van der Waals surface area contributed by atoms with Crippen LogP contribution in [0.25, 0.3) is 0 Å². The Bertz CT molecular complexity index is 566. The summed E-state index contributed by atoms with van der Waals surface area (Å²) < 4.78 is 20.1. The quantitative estimate of drug-likeness (QED) is 0.872. The van der Waals surface area contributed by atoms with Gasteiger partial charge in [0.1, 0.15) is 17.7 Å². The lowest BCUT2D eigenvalue weighted by Crippen LogP contribution is -2.07. The van der Waals surface area contributed by atoms with E-state index in [1.54, 1.807) is 30.3 Å². The molecule has 2 nitrogen and oxygen atoms in total. The summed E-state index contributed by atoms with van der Waals surface area (Å²) in [5, 5.41) is 10.5. The number of para-hydroxylation sites is 1. The fourth-order valence-electron chi connectivity index (χ4n) is 1.98. The molecule has 4 heteroatoms. The molecule has 2 aromatic rings. The molecular formula is C16H16BrFO2. The van der Waals surface area contributed by atoms with Crippen LogP contribution < -0.4 is 4.74 Å². The van der Waals surface area contributed by atoms with Gasteiger partial charge >= 0.3 is 0 Å². The number of ether oxygens (including phenoxy) is 1. The smallest absolute Gasteiger partial charge is 0.130 e. The maximum absolute atomic E-state index is 13.9. The van der Waals surface area contributed by atoms with Crippen molar-refractivity contribution in [2.45, 2.75) is 19.4 Å². The second-order valence-corrected chi connectivity index (χ2v) is 5.28. The third-order valence-corrected chi connectivity index (χ3v) is 3.64. The van der Waals surface area contributed by atoms with E-state index in [1.807, 2.05) is 13.0 Å². The maximum atomic E-state index is 13.9. The summed E-state index contributed by atoms with van der Waals surface area (Å²) in [6.45, 7) is 2.56. The van der Waals surface area contributed by atoms with Crippen LogP contribution in [0.5, 0.6) is 5.75 Å². The van der Waals surface area contributed by atoms with Crippen LogP contribution in [0.2, 0.25) is 0 Å². The maximum Gasteiger partial charge on any atom is 0.130 e. The van der Waals surface area contributed by atoms with Crippen LogP contribution >= 0.6 is 15.9 Å². The lowest BCUT2D eigenvalue weighted by Gasteiger charge is -2.18. The van der Waals surface area contributed by atoms with Crippen molar-refractivity contribution >= 4 is 15.9 Å². The van der Waals surface area contributed by atoms with Crippen molar-refractivity contribution in [3.8, 4) is 5.75 Å². The first-order chi connectivity index (χ1) is 9.65. The summed E-state index contributed by atoms with van der Waals surface area (Å²) in [4.78, 5) is 0. The number of benzene rings is 2. The number of hydrogen-bond acceptors (Lipinski definition) is 2. The van der Waals surface area contributed by atoms with Gasteiger partial charge in [-0.2, -0.15) is 0 Å². The minimum absolute atomic E-state index is 0.222. The molecule has 1 atom stereocenters. The summed E-state index contributed by atoms with van der Waals surface area (Å²) >= 11 is 3.28. The van der Waals surface area contributed by atoms with Crippen LogP contribution in [0, 0.1) is 5.82 Å². The average molecular weight is 339 g/mol. The van der Waals surface area contributed by atoms with Gasteiger partial charge in [-0.1, -0.05) is 47.1 Å². The Hall–Kier alpha value is -1.39. The Kier molecular flexibility index (Phi) is 5.15. The van der Waals surface area contributed by atoms with Gasteiger partial charge < -0.3 is 9.84 Å². The monoisotopic (exact) mass is 338 g/mol. The molecule has 0 aliphatic rings. The predicted octanol–water partition coefficient (Wildman–Crippen LogP) is 4.46. The SMILES string of the molecule is CCCOc1ccccc1C(O)c1c(F)cccc1Br. The van der Waals surface area contributed by atoms with E-state index in [0.29, 0.717) is 22.4 Å². The molecule has 0 radical (unpaired) electrons. The number of aliphatic hydroxyl groups excluding tert-OH is 1. The molecule has 0 aliphatic heterocycles. The summed E-state index contributed by atoms with van der Waals surface area (Å²) in [6, 6.07) is 11.8. The van der Waals surface area contributed by atoms with E-state index in [9.17, 15) is 9.50 Å². The van der Waals surface area contributed by atoms with Crippen LogP contribution in [0.1, 0.15) is 30.6 Å². The van der Waals surface area contributed by atoms with Crippen LogP contribution in [-0.2, 0) is 0 Å². The van der Waals surface area contributed by atoms with E-state index >= 15 is 0 Å². The number of rotatable bonds is 5. The molecule has 106 valence electrons. The number of hydrogen-bond donors (Lipinski definition) is 1. The Morgan fingerprint density at radius 2 is 1.95 bits per heavy atom. The highest BCUT2D eigenvalue weighted by molar-refractivity contribution is 9.10. The van der Waals surface area contributed by atoms with Gasteiger partial charge in [-0.25, -0.2) is 4.39 Å². The normalized spacial score (nSPS) is 12.2. The molecule has 20 heavy (non-hydrogen) atoms. The van der Waals surface area contributed by atoms with Crippen LogP contribution in [0.15, 0.2) is 46.9 Å². The fourth-order valence-corrected chi connectivity index (χ4v) is 2.54. The zero-order valence-corrected chi connectivity index (χ0v) is 12.7. The first kappa shape index (κ1) is 15.0. The molecule has 0 aromatic heterocycles. The van der Waals surface area contributed by atoms with Gasteiger partial charge in [-0.05, 0) is 24.6 Å². The fraction of sp³-hybridized carbons (Fsp3) is 0.250. The zero-order valence-electron chi connectivity index (χ0n) is 11.1. The highest BCUT2D eigenvalue weighted by atomic mass is 79.9. The first-order valence-electron chi connectivity index (χ1n) is 6.48. The van der Waals surface area contributed by atoms with Gasteiger partial charge in [0.25, 0.3) is 0 Å². The minimum atomic E-state index is -1.07. The summed E-state index contributed by atoms with van der Waals surface area (Å²) in [5.41, 5.74) is 0.784. The third-order valence-electron chi connectivity index (χ3n) is 2.95. The second kappa shape index (κ2) is 6.86. The van der Waals surface area contributed by atoms with Crippen molar-refractivity contribution in [2.24, 2.45) is 0 Å². The summed E-state index contributed by atoms with van der Waals surface area (Å²) in [5.74, 6) is 0.133. The van der Waals surface area contributed by atoms with Crippen molar-refractivity contribution in [2.75, 3.05) is 6.61 Å². The van der Waals surface area contributed by atoms with Gasteiger partial charge in [0.15, 0.2) is 0 Å². The summed E-state index contributed by atoms with van der Waals surface area (Å²) in [7, 11) is 0. The van der Waals surface area contributed by atoms with Gasteiger partial charge in [-0.3, -0.25) is 0 Å². The van der Waals surface area contributed by atoms with E-state index in [0.717, 1.165) is 6.42 Å². The van der Waals surface area contributed by atoms with Crippen molar-refractivity contribution in [3.63, 3.8) is 0 Å². The highest BCUT2D eigenvalue weighted by Gasteiger charge is 2.21. The number of halogens is 2. The first-order valence-corrected chi connectivity index (χ1v) is 7.28. The number of aliphatic hydroxyl groups is 1. The molecule has 0 saturated heterocycles. The topological polar surface area (TPSA) is 29.5 Å². The highest BCUT2D eigenvalue weighted by Crippen LogP contribution is 2.35. The molecule has 0 aliphatic carbocycles. The van der Waals surface area contributed by atoms with E-state index in [2.05, 4.69) is 15.9 Å². The average Bonchev–Trinajstić information content (AvgIpc) is 2.45. The van der Waals surface area contributed by atoms with E-state index in [4.69, 9.17) is 4.74 Å². The Morgan fingerprint density at radius 1 is 1.20 bits per heavy atom. The van der Waals surface area contributed by atoms with Crippen molar-refractivity contribution in [1.29, 1.82) is 0 Å². The van der Waals surface area contributed by atoms with Crippen molar-refractivity contribution in [3.05, 3.63) is 63.9 Å². The largest absolute Gasteiger partial charge is 0.493 e. The lowest BCUT2D eigenvalue weighted by atomic mass is 10.00. The molecule has 0 saturated carbocycles. The van der Waals surface area contributed by atoms with Crippen LogP contribution in [0.3, 0.4) is 0 Å². The summed E-state index contributed by atoms with van der Waals surface area (Å²) in [6.07, 6.45) is -0.202. The Morgan fingerprint density at radius 3 is 2.65 bits per heavy atom. The predicted molar refractivity (Wildman–Crippen MR) is 80.4 cm³/mol. The van der Waals surface area contributed by atoms with E-state index in [-0.39, 0.29) is 5.56 Å². The molecule has 0 bridgehead atoms. The van der Waals surface area contributed by atoms with Crippen LogP contribution in [0.4, 0.5) is 4.39 Å². The van der Waals surface area contributed by atoms with Gasteiger partial charge in [0, 0.05) is 15.6 Å². The molecule has 0 amide bonds. The standard InChI is InChI=1S/C16H16BrFO2/c1-2-10-20-14-9-4-3-6-11(14)16(19)15-12(17)7-5-8-13(15)18/h3-9,16,19H,2,10H2,1H3. The van der Waals surface area contributed by atoms with Gasteiger partial charge in [0.2, 0.25) is 0 Å². The second-order valence-electron chi connectivity index (χ2n) is 4.42.